The molecule has 0 saturated carbocycles. The number of aliphatic hydroxyl groups is 6. The summed E-state index contributed by atoms with van der Waals surface area (Å²) in [4.78, 5) is 12.7. The van der Waals surface area contributed by atoms with E-state index < -0.39 is 74.1 Å². The van der Waals surface area contributed by atoms with Gasteiger partial charge < -0.3 is 64.2 Å². The Balaban J connectivity index is 1.23. The average Bonchev–Trinajstić information content (AvgIpc) is 2.97. The van der Waals surface area contributed by atoms with Crippen LogP contribution >= 0.6 is 0 Å². The number of phenolic OH excluding ortho intramolecular Hbond substituents is 1. The molecule has 2 saturated heterocycles. The summed E-state index contributed by atoms with van der Waals surface area (Å²) < 4.78 is 33.3. The van der Waals surface area contributed by atoms with E-state index in [1.807, 2.05) is 0 Å². The van der Waals surface area contributed by atoms with E-state index in [2.05, 4.69) is 0 Å². The minimum atomic E-state index is -1.67. The zero-order valence-electron chi connectivity index (χ0n) is 22.7. The van der Waals surface area contributed by atoms with Gasteiger partial charge in [0, 0.05) is 12.1 Å². The maximum Gasteiger partial charge on any atom is 0.229 e. The third kappa shape index (κ3) is 5.90. The molecule has 3 aliphatic heterocycles. The highest BCUT2D eigenvalue weighted by atomic mass is 16.7. The summed E-state index contributed by atoms with van der Waals surface area (Å²) in [6.07, 6.45) is -14.8. The van der Waals surface area contributed by atoms with Crippen LogP contribution in [-0.4, -0.2) is 117 Å². The van der Waals surface area contributed by atoms with Gasteiger partial charge in [-0.15, -0.1) is 0 Å². The van der Waals surface area contributed by atoms with Crippen LogP contribution in [0.4, 0.5) is 0 Å². The second-order valence-electron chi connectivity index (χ2n) is 10.5. The Bertz CT molecular complexity index is 1250. The van der Waals surface area contributed by atoms with Crippen molar-refractivity contribution in [3.05, 3.63) is 47.5 Å². The number of ketones is 1. The van der Waals surface area contributed by atoms with Crippen LogP contribution in [0.1, 0.15) is 35.4 Å². The van der Waals surface area contributed by atoms with Gasteiger partial charge >= 0.3 is 0 Å². The molecule has 0 spiro atoms. The number of hydrogen-bond donors (Lipinski definition) is 7. The van der Waals surface area contributed by atoms with Crippen molar-refractivity contribution in [1.82, 2.24) is 0 Å². The molecule has 42 heavy (non-hydrogen) atoms. The van der Waals surface area contributed by atoms with E-state index in [0.29, 0.717) is 11.3 Å². The van der Waals surface area contributed by atoms with Gasteiger partial charge in [0.05, 0.1) is 26.2 Å². The Kier molecular flexibility index (Phi) is 8.89. The second kappa shape index (κ2) is 12.3. The van der Waals surface area contributed by atoms with E-state index in [-0.39, 0.29) is 35.0 Å². The van der Waals surface area contributed by atoms with Crippen molar-refractivity contribution in [3.8, 4) is 23.0 Å². The zero-order valence-corrected chi connectivity index (χ0v) is 22.7. The van der Waals surface area contributed by atoms with Gasteiger partial charge in [-0.2, -0.15) is 0 Å². The van der Waals surface area contributed by atoms with Gasteiger partial charge in [0.1, 0.15) is 77.4 Å². The van der Waals surface area contributed by atoms with Crippen LogP contribution in [0.15, 0.2) is 36.4 Å². The Morgan fingerprint density at radius 1 is 0.833 bits per heavy atom. The number of hydrogen-bond acceptors (Lipinski definition) is 14. The highest BCUT2D eigenvalue weighted by Gasteiger charge is 2.47. The van der Waals surface area contributed by atoms with Crippen molar-refractivity contribution in [1.29, 1.82) is 0 Å². The summed E-state index contributed by atoms with van der Waals surface area (Å²) in [5.41, 5.74) is 0.714. The van der Waals surface area contributed by atoms with Crippen molar-refractivity contribution in [3.63, 3.8) is 0 Å². The summed E-state index contributed by atoms with van der Waals surface area (Å²) in [6, 6.07) is 9.22. The number of phenols is 1. The lowest BCUT2D eigenvalue weighted by molar-refractivity contribution is -0.318. The van der Waals surface area contributed by atoms with Crippen molar-refractivity contribution in [2.24, 2.45) is 0 Å². The van der Waals surface area contributed by atoms with E-state index in [1.165, 1.54) is 26.2 Å². The molecule has 2 aromatic rings. The largest absolute Gasteiger partial charge is 0.507 e. The Labute approximate surface area is 240 Å². The molecule has 7 N–H and O–H groups in total. The molecule has 0 bridgehead atoms. The molecular weight excluding hydrogens is 560 g/mol. The number of aliphatic hydroxyl groups excluding tert-OH is 6. The quantitative estimate of drug-likeness (QED) is 0.208. The van der Waals surface area contributed by atoms with Gasteiger partial charge in [-0.1, -0.05) is 12.1 Å². The minimum Gasteiger partial charge on any atom is -0.507 e. The molecule has 0 aliphatic carbocycles. The number of Topliss-reactive ketones (excluding diaryl/α,β-unsaturated/α-hetero) is 1. The van der Waals surface area contributed by atoms with Gasteiger partial charge in [0.15, 0.2) is 12.1 Å². The van der Waals surface area contributed by atoms with Crippen molar-refractivity contribution in [2.75, 3.05) is 13.7 Å². The first-order chi connectivity index (χ1) is 20.0. The normalized spacial score (nSPS) is 36.6. The number of methoxy groups -OCH3 is 1. The van der Waals surface area contributed by atoms with Crippen molar-refractivity contribution < 1.29 is 69.0 Å². The molecule has 3 heterocycles. The van der Waals surface area contributed by atoms with Crippen LogP contribution in [0, 0.1) is 0 Å². The highest BCUT2D eigenvalue weighted by molar-refractivity contribution is 6.02. The summed E-state index contributed by atoms with van der Waals surface area (Å²) >= 11 is 0. The lowest BCUT2D eigenvalue weighted by atomic mass is 9.95. The average molecular weight is 595 g/mol. The molecule has 0 unspecified atom stereocenters. The third-order valence-electron chi connectivity index (χ3n) is 7.62. The van der Waals surface area contributed by atoms with Crippen LogP contribution in [-0.2, 0) is 14.2 Å². The number of carbonyl (C=O) groups is 1. The Morgan fingerprint density at radius 2 is 1.50 bits per heavy atom. The molecule has 0 amide bonds. The van der Waals surface area contributed by atoms with Crippen molar-refractivity contribution >= 4 is 5.78 Å². The summed E-state index contributed by atoms with van der Waals surface area (Å²) in [5.74, 6) is 0.225. The maximum absolute atomic E-state index is 12.7. The van der Waals surface area contributed by atoms with E-state index in [0.717, 1.165) is 0 Å². The smallest absolute Gasteiger partial charge is 0.229 e. The number of benzene rings is 2. The molecule has 2 aromatic carbocycles. The molecule has 3 aliphatic rings. The molecule has 230 valence electrons. The summed E-state index contributed by atoms with van der Waals surface area (Å²) in [5, 5.41) is 71.5. The van der Waals surface area contributed by atoms with Crippen molar-refractivity contribution in [2.45, 2.75) is 80.9 Å². The number of rotatable bonds is 7. The fraction of sp³-hybridized carbons (Fsp3) is 0.536. The van der Waals surface area contributed by atoms with Crippen LogP contribution in [0.25, 0.3) is 0 Å². The third-order valence-corrected chi connectivity index (χ3v) is 7.62. The molecule has 0 radical (unpaired) electrons. The zero-order chi connectivity index (χ0) is 30.3. The molecule has 14 heteroatoms. The van der Waals surface area contributed by atoms with Crippen LogP contribution in [0.3, 0.4) is 0 Å². The van der Waals surface area contributed by atoms with Gasteiger partial charge in [-0.3, -0.25) is 4.79 Å². The number of fused-ring (bicyclic) bond motifs is 1. The summed E-state index contributed by atoms with van der Waals surface area (Å²) in [6.45, 7) is 1.06. The molecule has 0 aromatic heterocycles. The number of carbonyl (C=O) groups excluding carboxylic acids is 1. The van der Waals surface area contributed by atoms with Gasteiger partial charge in [-0.25, -0.2) is 0 Å². The first-order valence-corrected chi connectivity index (χ1v) is 13.4. The Morgan fingerprint density at radius 3 is 2.19 bits per heavy atom. The standard InChI is InChI=1S/C28H34O14/c1-11-21(31)23(33)25(35)27(39-11)38-10-19-22(32)24(34)26(36)28(42-19)40-13-5-3-12(4-6-13)17-9-16(30)20-15(29)7-14(37-2)8-18(20)41-17/h3-8,11,17,19,21-29,31-36H,9-10H2,1-2H3/t11-,17-,19+,21-,22+,23+,24-,25+,26+,27+,28+/m0/s1. The molecule has 2 fully saturated rings. The van der Waals surface area contributed by atoms with Crippen LogP contribution < -0.4 is 14.2 Å². The fourth-order valence-electron chi connectivity index (χ4n) is 5.11. The lowest BCUT2D eigenvalue weighted by Gasteiger charge is -2.42. The van der Waals surface area contributed by atoms with Crippen LogP contribution in [0.2, 0.25) is 0 Å². The van der Waals surface area contributed by atoms with E-state index in [9.17, 15) is 40.5 Å². The monoisotopic (exact) mass is 594 g/mol. The number of aromatic hydroxyl groups is 1. The SMILES string of the molecule is COc1cc(O)c2c(c1)O[C@H](c1ccc(O[C@@H]3O[C@H](CO[C@@H]4O[C@@H](C)[C@H](O)[C@@H](O)[C@H]4O)[C@@H](O)[C@H](O)[C@H]3O)cc1)CC2=O. The van der Waals surface area contributed by atoms with E-state index in [1.54, 1.807) is 24.3 Å². The maximum atomic E-state index is 12.7. The highest BCUT2D eigenvalue weighted by Crippen LogP contribution is 2.42. The minimum absolute atomic E-state index is 0.0164. The Hall–Kier alpha value is -3.05. The molecule has 14 nitrogen and oxygen atoms in total. The molecule has 5 rings (SSSR count). The topological polar surface area (TPSA) is 214 Å². The summed E-state index contributed by atoms with van der Waals surface area (Å²) in [7, 11) is 1.43. The molecular formula is C28H34O14. The van der Waals surface area contributed by atoms with Gasteiger partial charge in [0.2, 0.25) is 6.29 Å². The predicted octanol–water partition coefficient (Wildman–Crippen LogP) is -0.862. The first kappa shape index (κ1) is 30.4. The van der Waals surface area contributed by atoms with Gasteiger partial charge in [-0.05, 0) is 24.6 Å². The first-order valence-electron chi connectivity index (χ1n) is 13.4. The fourth-order valence-corrected chi connectivity index (χ4v) is 5.11. The van der Waals surface area contributed by atoms with Crippen LogP contribution in [0.5, 0.6) is 23.0 Å². The lowest BCUT2D eigenvalue weighted by Crippen LogP contribution is -2.61. The number of ether oxygens (including phenoxy) is 6. The predicted molar refractivity (Wildman–Crippen MR) is 139 cm³/mol. The molecule has 11 atom stereocenters. The van der Waals surface area contributed by atoms with E-state index in [4.69, 9.17) is 28.4 Å². The van der Waals surface area contributed by atoms with E-state index >= 15 is 0 Å². The van der Waals surface area contributed by atoms with Gasteiger partial charge in [0.25, 0.3) is 0 Å². The second-order valence-corrected chi connectivity index (χ2v) is 10.5.